The molecule has 4 rings (SSSR count). The third-order valence-corrected chi connectivity index (χ3v) is 3.39. The van der Waals surface area contributed by atoms with E-state index in [0.717, 1.165) is 27.9 Å². The van der Waals surface area contributed by atoms with E-state index < -0.39 is 0 Å². The van der Waals surface area contributed by atoms with Crippen LogP contribution in [0, 0.1) is 0 Å². The second-order valence-corrected chi connectivity index (χ2v) is 4.62. The normalized spacial score (nSPS) is 11.4. The van der Waals surface area contributed by atoms with Gasteiger partial charge in [0.25, 0.3) is 0 Å². The number of hydrogen-bond acceptors (Lipinski definition) is 2. The molecular weight excluding hydrogens is 236 g/mol. The van der Waals surface area contributed by atoms with Gasteiger partial charge in [-0.25, -0.2) is 9.97 Å². The highest BCUT2D eigenvalue weighted by atomic mass is 15.0. The molecule has 4 heteroatoms. The Morgan fingerprint density at radius 2 is 2.00 bits per heavy atom. The van der Waals surface area contributed by atoms with Gasteiger partial charge in [0, 0.05) is 42.8 Å². The number of rotatable bonds is 1. The molecule has 0 atom stereocenters. The maximum absolute atomic E-state index is 4.74. The van der Waals surface area contributed by atoms with Crippen LogP contribution < -0.4 is 0 Å². The van der Waals surface area contributed by atoms with Crippen LogP contribution in [0.1, 0.15) is 0 Å². The standard InChI is InChI=1S/C15H12N4/c1-18-9-7-16-15(18)12-5-2-4-11-10-19-8-3-6-13(19)17-14(11)12/h2-10H,1H3. The summed E-state index contributed by atoms with van der Waals surface area (Å²) in [6, 6.07) is 10.2. The van der Waals surface area contributed by atoms with Crippen molar-refractivity contribution in [1.82, 2.24) is 18.9 Å². The van der Waals surface area contributed by atoms with Crippen molar-refractivity contribution >= 4 is 16.6 Å². The van der Waals surface area contributed by atoms with Crippen molar-refractivity contribution < 1.29 is 0 Å². The molecule has 4 nitrogen and oxygen atoms in total. The Labute approximate surface area is 110 Å². The zero-order valence-electron chi connectivity index (χ0n) is 10.5. The Bertz CT molecular complexity index is 885. The lowest BCUT2D eigenvalue weighted by molar-refractivity contribution is 0.925. The maximum Gasteiger partial charge on any atom is 0.141 e. The fourth-order valence-electron chi connectivity index (χ4n) is 2.45. The summed E-state index contributed by atoms with van der Waals surface area (Å²) < 4.78 is 4.04. The molecule has 0 saturated heterocycles. The van der Waals surface area contributed by atoms with Gasteiger partial charge in [-0.1, -0.05) is 12.1 Å². The summed E-state index contributed by atoms with van der Waals surface area (Å²) in [4.78, 5) is 9.16. The van der Waals surface area contributed by atoms with Crippen molar-refractivity contribution in [2.45, 2.75) is 0 Å². The van der Waals surface area contributed by atoms with E-state index in [-0.39, 0.29) is 0 Å². The van der Waals surface area contributed by atoms with Gasteiger partial charge < -0.3 is 8.97 Å². The molecule has 0 aliphatic heterocycles. The number of aryl methyl sites for hydroxylation is 1. The van der Waals surface area contributed by atoms with E-state index in [1.165, 1.54) is 0 Å². The molecule has 0 saturated carbocycles. The minimum atomic E-state index is 0.939. The van der Waals surface area contributed by atoms with E-state index in [4.69, 9.17) is 4.98 Å². The molecule has 3 heterocycles. The Morgan fingerprint density at radius 3 is 2.84 bits per heavy atom. The first-order valence-corrected chi connectivity index (χ1v) is 6.17. The van der Waals surface area contributed by atoms with Crippen molar-refractivity contribution in [1.29, 1.82) is 0 Å². The number of benzene rings is 1. The Balaban J connectivity index is 2.13. The first-order valence-electron chi connectivity index (χ1n) is 6.17. The largest absolute Gasteiger partial charge is 0.334 e. The molecule has 0 aliphatic rings. The molecule has 0 radical (unpaired) electrons. The zero-order valence-corrected chi connectivity index (χ0v) is 10.5. The highest BCUT2D eigenvalue weighted by molar-refractivity contribution is 5.92. The quantitative estimate of drug-likeness (QED) is 0.519. The smallest absolute Gasteiger partial charge is 0.141 e. The van der Waals surface area contributed by atoms with Crippen LogP contribution in [0.2, 0.25) is 0 Å². The predicted octanol–water partition coefficient (Wildman–Crippen LogP) is 2.89. The second-order valence-electron chi connectivity index (χ2n) is 4.62. The monoisotopic (exact) mass is 248 g/mol. The van der Waals surface area contributed by atoms with Gasteiger partial charge in [-0.2, -0.15) is 0 Å². The summed E-state index contributed by atoms with van der Waals surface area (Å²) in [5.74, 6) is 0.939. The topological polar surface area (TPSA) is 35.1 Å². The molecule has 0 unspecified atom stereocenters. The average Bonchev–Trinajstić information content (AvgIpc) is 3.03. The van der Waals surface area contributed by atoms with Crippen LogP contribution in [-0.4, -0.2) is 18.9 Å². The van der Waals surface area contributed by atoms with Gasteiger partial charge in [-0.3, -0.25) is 0 Å². The molecule has 19 heavy (non-hydrogen) atoms. The van der Waals surface area contributed by atoms with E-state index in [9.17, 15) is 0 Å². The van der Waals surface area contributed by atoms with E-state index >= 15 is 0 Å². The lowest BCUT2D eigenvalue weighted by atomic mass is 10.1. The van der Waals surface area contributed by atoms with E-state index in [0.29, 0.717) is 0 Å². The minimum absolute atomic E-state index is 0.939. The summed E-state index contributed by atoms with van der Waals surface area (Å²) in [5.41, 5.74) is 3.01. The molecule has 0 spiro atoms. The van der Waals surface area contributed by atoms with Gasteiger partial charge in [0.05, 0.1) is 5.52 Å². The van der Waals surface area contributed by atoms with E-state index in [2.05, 4.69) is 23.3 Å². The summed E-state index contributed by atoms with van der Waals surface area (Å²) in [6.07, 6.45) is 7.87. The average molecular weight is 248 g/mol. The van der Waals surface area contributed by atoms with Crippen LogP contribution in [0.3, 0.4) is 0 Å². The Morgan fingerprint density at radius 1 is 1.05 bits per heavy atom. The van der Waals surface area contributed by atoms with Crippen LogP contribution >= 0.6 is 0 Å². The lowest BCUT2D eigenvalue weighted by Crippen LogP contribution is -1.95. The Kier molecular flexibility index (Phi) is 2.00. The third kappa shape index (κ3) is 1.46. The van der Waals surface area contributed by atoms with Crippen molar-refractivity contribution in [3.63, 3.8) is 0 Å². The predicted molar refractivity (Wildman–Crippen MR) is 74.9 cm³/mol. The molecule has 4 aromatic rings. The summed E-state index contributed by atoms with van der Waals surface area (Å²) in [5, 5.41) is 1.12. The van der Waals surface area contributed by atoms with Crippen LogP contribution in [-0.2, 0) is 7.05 Å². The number of para-hydroxylation sites is 1. The summed E-state index contributed by atoms with van der Waals surface area (Å²) >= 11 is 0. The highest BCUT2D eigenvalue weighted by Gasteiger charge is 2.09. The number of hydrogen-bond donors (Lipinski definition) is 0. The third-order valence-electron chi connectivity index (χ3n) is 3.39. The van der Waals surface area contributed by atoms with Crippen molar-refractivity contribution in [3.8, 4) is 11.4 Å². The lowest BCUT2D eigenvalue weighted by Gasteiger charge is -2.07. The van der Waals surface area contributed by atoms with Gasteiger partial charge in [0.15, 0.2) is 0 Å². The van der Waals surface area contributed by atoms with Crippen molar-refractivity contribution in [3.05, 3.63) is 55.1 Å². The van der Waals surface area contributed by atoms with Gasteiger partial charge in [-0.05, 0) is 18.2 Å². The minimum Gasteiger partial charge on any atom is -0.334 e. The van der Waals surface area contributed by atoms with Gasteiger partial charge >= 0.3 is 0 Å². The first kappa shape index (κ1) is 10.3. The van der Waals surface area contributed by atoms with Crippen LogP contribution in [0.4, 0.5) is 0 Å². The van der Waals surface area contributed by atoms with Gasteiger partial charge in [0.1, 0.15) is 11.5 Å². The molecule has 0 N–H and O–H groups in total. The number of imidazole rings is 1. The molecule has 0 aliphatic carbocycles. The molecular formula is C15H12N4. The molecule has 0 bridgehead atoms. The van der Waals surface area contributed by atoms with E-state index in [1.54, 1.807) is 0 Å². The molecule has 0 amide bonds. The summed E-state index contributed by atoms with van der Waals surface area (Å²) in [7, 11) is 2.00. The fourth-order valence-corrected chi connectivity index (χ4v) is 2.45. The first-order chi connectivity index (χ1) is 9.33. The number of fused-ring (bicyclic) bond motifs is 2. The molecule has 1 aromatic carbocycles. The highest BCUT2D eigenvalue weighted by Crippen LogP contribution is 2.26. The Hall–Kier alpha value is -2.62. The molecule has 0 fully saturated rings. The fraction of sp³-hybridized carbons (Fsp3) is 0.0667. The summed E-state index contributed by atoms with van der Waals surface area (Å²) in [6.45, 7) is 0. The van der Waals surface area contributed by atoms with Crippen LogP contribution in [0.5, 0.6) is 0 Å². The SMILES string of the molecule is Cn1ccnc1-c1cccc2cn3cccc3nc12. The maximum atomic E-state index is 4.74. The molecule has 92 valence electrons. The zero-order chi connectivity index (χ0) is 12.8. The second kappa shape index (κ2) is 3.68. The van der Waals surface area contributed by atoms with Crippen molar-refractivity contribution in [2.75, 3.05) is 0 Å². The van der Waals surface area contributed by atoms with E-state index in [1.807, 2.05) is 52.8 Å². The van der Waals surface area contributed by atoms with Crippen LogP contribution in [0.15, 0.2) is 55.1 Å². The molecule has 3 aromatic heterocycles. The van der Waals surface area contributed by atoms with Gasteiger partial charge in [-0.15, -0.1) is 0 Å². The van der Waals surface area contributed by atoms with Gasteiger partial charge in [0.2, 0.25) is 0 Å². The van der Waals surface area contributed by atoms with Crippen LogP contribution in [0.25, 0.3) is 27.9 Å². The number of nitrogens with zero attached hydrogens (tertiary/aromatic N) is 4. The number of aromatic nitrogens is 4. The van der Waals surface area contributed by atoms with Crippen molar-refractivity contribution in [2.24, 2.45) is 7.05 Å².